The molecular formula is C18H18N6O5. The summed E-state index contributed by atoms with van der Waals surface area (Å²) < 4.78 is 12.1. The van der Waals surface area contributed by atoms with Gasteiger partial charge in [-0.05, 0) is 23.8 Å². The van der Waals surface area contributed by atoms with Gasteiger partial charge in [-0.3, -0.25) is 9.79 Å². The summed E-state index contributed by atoms with van der Waals surface area (Å²) in [6.45, 7) is 0.110. The van der Waals surface area contributed by atoms with Gasteiger partial charge in [0.1, 0.15) is 42.1 Å². The van der Waals surface area contributed by atoms with Gasteiger partial charge in [0.25, 0.3) is 0 Å². The van der Waals surface area contributed by atoms with E-state index in [1.165, 1.54) is 36.3 Å². The Labute approximate surface area is 164 Å². The lowest BCUT2D eigenvalue weighted by molar-refractivity contribution is -0.144. The van der Waals surface area contributed by atoms with Crippen LogP contribution in [0.5, 0.6) is 0 Å². The number of rotatable bonds is 3. The Hall–Kier alpha value is -3.33. The Kier molecular flexibility index (Phi) is 4.54. The third-order valence-corrected chi connectivity index (χ3v) is 5.27. The van der Waals surface area contributed by atoms with Crippen molar-refractivity contribution < 1.29 is 24.5 Å². The van der Waals surface area contributed by atoms with Gasteiger partial charge in [0.15, 0.2) is 5.82 Å². The molecule has 4 rings (SSSR count). The summed E-state index contributed by atoms with van der Waals surface area (Å²) in [6.07, 6.45) is -0.0290. The Morgan fingerprint density at radius 1 is 1.48 bits per heavy atom. The number of hydrogen-bond acceptors (Lipinski definition) is 10. The maximum atomic E-state index is 12.2. The van der Waals surface area contributed by atoms with Crippen molar-refractivity contribution >= 4 is 23.5 Å². The number of nitrogens with two attached hydrogens (primary N) is 1. The number of nitrogen functional groups attached to an aromatic ring is 1. The van der Waals surface area contributed by atoms with Gasteiger partial charge in [-0.2, -0.15) is 10.4 Å². The summed E-state index contributed by atoms with van der Waals surface area (Å²) in [7, 11) is 1.25. The molecule has 5 atom stereocenters. The Balaban J connectivity index is 1.80. The molecule has 11 nitrogen and oxygen atoms in total. The smallest absolute Gasteiger partial charge is 0.314 e. The van der Waals surface area contributed by atoms with Gasteiger partial charge in [0.05, 0.1) is 19.3 Å². The number of nitrogens with zero attached hydrogens (tertiary/aromatic N) is 5. The predicted octanol–water partition coefficient (Wildman–Crippen LogP) is -1.05. The van der Waals surface area contributed by atoms with Gasteiger partial charge < -0.3 is 25.4 Å². The largest absolute Gasteiger partial charge is 0.469 e. The number of methoxy groups -OCH3 is 1. The molecule has 0 spiro atoms. The predicted molar refractivity (Wildman–Crippen MR) is 98.5 cm³/mol. The van der Waals surface area contributed by atoms with E-state index in [1.54, 1.807) is 6.07 Å². The van der Waals surface area contributed by atoms with Gasteiger partial charge in [-0.1, -0.05) is 0 Å². The molecule has 1 unspecified atom stereocenters. The first-order chi connectivity index (χ1) is 13.9. The molecule has 1 saturated heterocycles. The maximum absolute atomic E-state index is 12.2. The Bertz CT molecular complexity index is 1070. The van der Waals surface area contributed by atoms with E-state index in [0.717, 1.165) is 0 Å². The highest BCUT2D eigenvalue weighted by molar-refractivity contribution is 5.83. The summed E-state index contributed by atoms with van der Waals surface area (Å²) in [5.74, 6) is -1.17. The number of hydrogen-bond donors (Lipinski definition) is 3. The highest BCUT2D eigenvalue weighted by Crippen LogP contribution is 2.43. The van der Waals surface area contributed by atoms with Crippen LogP contribution in [-0.2, 0) is 19.9 Å². The number of allylic oxidation sites excluding steroid dienone is 1. The molecule has 2 aromatic rings. The van der Waals surface area contributed by atoms with Crippen LogP contribution < -0.4 is 5.73 Å². The normalized spacial score (nSPS) is 31.4. The Morgan fingerprint density at radius 2 is 2.28 bits per heavy atom. The summed E-state index contributed by atoms with van der Waals surface area (Å²) in [6, 6.07) is 5.08. The van der Waals surface area contributed by atoms with Crippen molar-refractivity contribution in [1.29, 1.82) is 5.26 Å². The fourth-order valence-electron chi connectivity index (χ4n) is 3.78. The molecule has 2 aliphatic rings. The number of ether oxygens (including phenoxy) is 2. The van der Waals surface area contributed by atoms with Crippen LogP contribution in [0.3, 0.4) is 0 Å². The molecule has 0 saturated carbocycles. The summed E-state index contributed by atoms with van der Waals surface area (Å²) in [4.78, 5) is 20.1. The summed E-state index contributed by atoms with van der Waals surface area (Å²) >= 11 is 0. The van der Waals surface area contributed by atoms with Crippen LogP contribution in [0.25, 0.3) is 5.52 Å². The van der Waals surface area contributed by atoms with Gasteiger partial charge >= 0.3 is 5.97 Å². The van der Waals surface area contributed by atoms with Crippen LogP contribution in [0.4, 0.5) is 5.82 Å². The van der Waals surface area contributed by atoms with Crippen molar-refractivity contribution in [1.82, 2.24) is 14.6 Å². The second-order valence-corrected chi connectivity index (χ2v) is 6.74. The lowest BCUT2D eigenvalue weighted by Gasteiger charge is -2.26. The molecule has 4 heterocycles. The molecule has 0 aliphatic carbocycles. The molecule has 0 aromatic carbocycles. The second kappa shape index (κ2) is 6.93. The summed E-state index contributed by atoms with van der Waals surface area (Å²) in [5, 5.41) is 35.6. The summed E-state index contributed by atoms with van der Waals surface area (Å²) in [5.41, 5.74) is 4.86. The number of esters is 1. The molecule has 0 radical (unpaired) electrons. The van der Waals surface area contributed by atoms with Crippen LogP contribution in [0.1, 0.15) is 5.69 Å². The standard InChI is InChI=1S/C18H18N6O5/c1-28-17(27)10-6-21-5-4-9(10)14-13(25)15(26)18(7-19,29-14)12-3-2-11-16(20)22-8-23-24(11)12/h2-5,8,10,13-15,25-26H,6H2,1H3,(H2,20,22,23)/t10?,13-,14-,15-,18+/m1/s1. The van der Waals surface area contributed by atoms with Crippen LogP contribution in [0, 0.1) is 17.2 Å². The lowest BCUT2D eigenvalue weighted by Crippen LogP contribution is -2.41. The van der Waals surface area contributed by atoms with Crippen LogP contribution in [0.2, 0.25) is 0 Å². The van der Waals surface area contributed by atoms with Crippen molar-refractivity contribution in [2.24, 2.45) is 10.9 Å². The molecule has 11 heteroatoms. The van der Waals surface area contributed by atoms with Crippen molar-refractivity contribution in [3.05, 3.63) is 35.8 Å². The molecule has 0 amide bonds. The molecule has 1 fully saturated rings. The van der Waals surface area contributed by atoms with Crippen LogP contribution in [0.15, 0.2) is 35.1 Å². The third-order valence-electron chi connectivity index (χ3n) is 5.27. The number of carbonyl (C=O) groups excluding carboxylic acids is 1. The zero-order valence-corrected chi connectivity index (χ0v) is 15.3. The molecular weight excluding hydrogens is 380 g/mol. The monoisotopic (exact) mass is 398 g/mol. The van der Waals surface area contributed by atoms with Crippen molar-refractivity contribution in [2.45, 2.75) is 23.9 Å². The zero-order valence-electron chi connectivity index (χ0n) is 15.3. The fourth-order valence-corrected chi connectivity index (χ4v) is 3.78. The van der Waals surface area contributed by atoms with E-state index in [2.05, 4.69) is 15.1 Å². The van der Waals surface area contributed by atoms with Crippen LogP contribution in [-0.4, -0.2) is 69.0 Å². The average molecular weight is 398 g/mol. The van der Waals surface area contributed by atoms with Gasteiger partial charge in [-0.25, -0.2) is 9.50 Å². The second-order valence-electron chi connectivity index (χ2n) is 6.74. The highest BCUT2D eigenvalue weighted by atomic mass is 16.6. The minimum Gasteiger partial charge on any atom is -0.469 e. The first-order valence-corrected chi connectivity index (χ1v) is 8.76. The van der Waals surface area contributed by atoms with E-state index in [-0.39, 0.29) is 18.1 Å². The van der Waals surface area contributed by atoms with Crippen molar-refractivity contribution in [2.75, 3.05) is 19.4 Å². The van der Waals surface area contributed by atoms with Gasteiger partial charge in [-0.15, -0.1) is 0 Å². The number of aliphatic hydroxyl groups is 2. The van der Waals surface area contributed by atoms with E-state index in [9.17, 15) is 20.3 Å². The molecule has 4 N–H and O–H groups in total. The molecule has 150 valence electrons. The first kappa shape index (κ1) is 19.0. The van der Waals surface area contributed by atoms with Gasteiger partial charge in [0, 0.05) is 6.21 Å². The SMILES string of the molecule is COC(=O)C1CN=CC=C1[C@H]1O[C@@](C#N)(c2ccc3c(N)ncnn23)[C@H](O)[C@@H]1O. The van der Waals surface area contributed by atoms with E-state index in [0.29, 0.717) is 11.1 Å². The number of nitriles is 1. The van der Waals surface area contributed by atoms with E-state index < -0.39 is 35.8 Å². The molecule has 2 aliphatic heterocycles. The van der Waals surface area contributed by atoms with E-state index in [4.69, 9.17) is 15.2 Å². The number of aliphatic imine (C=N–C) groups is 1. The number of aliphatic hydroxyl groups excluding tert-OH is 2. The number of aromatic nitrogens is 3. The number of fused-ring (bicyclic) bond motifs is 1. The number of carbonyl (C=O) groups is 1. The minimum absolute atomic E-state index is 0.110. The van der Waals surface area contributed by atoms with Crippen molar-refractivity contribution in [3.63, 3.8) is 0 Å². The molecule has 0 bridgehead atoms. The third kappa shape index (κ3) is 2.69. The quantitative estimate of drug-likeness (QED) is 0.546. The van der Waals surface area contributed by atoms with E-state index in [1.807, 2.05) is 6.07 Å². The van der Waals surface area contributed by atoms with E-state index >= 15 is 0 Å². The average Bonchev–Trinajstić information content (AvgIpc) is 3.29. The minimum atomic E-state index is -1.95. The maximum Gasteiger partial charge on any atom is 0.314 e. The Morgan fingerprint density at radius 3 is 3.00 bits per heavy atom. The first-order valence-electron chi connectivity index (χ1n) is 8.76. The lowest BCUT2D eigenvalue weighted by atomic mass is 9.87. The fraction of sp³-hybridized carbons (Fsp3) is 0.389. The van der Waals surface area contributed by atoms with Gasteiger partial charge in [0.2, 0.25) is 5.60 Å². The number of anilines is 1. The van der Waals surface area contributed by atoms with Crippen molar-refractivity contribution in [3.8, 4) is 6.07 Å². The number of dihydropyridines is 1. The molecule has 2 aromatic heterocycles. The highest BCUT2D eigenvalue weighted by Gasteiger charge is 2.59. The van der Waals surface area contributed by atoms with Crippen LogP contribution >= 0.6 is 0 Å². The zero-order chi connectivity index (χ0) is 20.8. The topological polar surface area (TPSA) is 168 Å². The molecule has 29 heavy (non-hydrogen) atoms.